The van der Waals surface area contributed by atoms with E-state index in [0.29, 0.717) is 5.69 Å². The minimum atomic E-state index is -3.59. The molecular weight excluding hydrogens is 372 g/mol. The average molecular weight is 390 g/mol. The van der Waals surface area contributed by atoms with Crippen molar-refractivity contribution < 1.29 is 8.42 Å². The molecule has 28 heavy (non-hydrogen) atoms. The first-order valence-corrected chi connectivity index (χ1v) is 10.6. The molecule has 0 spiro atoms. The molecule has 4 aromatic rings. The second-order valence-corrected chi connectivity index (χ2v) is 8.63. The van der Waals surface area contributed by atoms with Crippen molar-refractivity contribution >= 4 is 21.1 Å². The van der Waals surface area contributed by atoms with Crippen molar-refractivity contribution in [3.05, 3.63) is 66.9 Å². The van der Waals surface area contributed by atoms with Crippen molar-refractivity contribution in [1.82, 2.24) is 19.7 Å². The Labute approximate surface area is 162 Å². The maximum Gasteiger partial charge on any atom is 0.258 e. The maximum atomic E-state index is 12.4. The lowest BCUT2D eigenvalue weighted by atomic mass is 10.1. The predicted octanol–water partition coefficient (Wildman–Crippen LogP) is 3.73. The topological polar surface area (TPSA) is 87.7 Å². The van der Waals surface area contributed by atoms with Gasteiger partial charge in [0.25, 0.3) is 10.0 Å². The van der Waals surface area contributed by atoms with Gasteiger partial charge in [0.1, 0.15) is 5.65 Å². The molecule has 2 N–H and O–H groups in total. The van der Waals surface area contributed by atoms with Crippen LogP contribution in [0.25, 0.3) is 33.5 Å². The molecule has 3 heterocycles. The van der Waals surface area contributed by atoms with E-state index >= 15 is 0 Å². The molecule has 0 atom stereocenters. The molecule has 0 saturated heterocycles. The van der Waals surface area contributed by atoms with Gasteiger partial charge in [0.15, 0.2) is 5.03 Å². The number of aromatic nitrogens is 3. The SMILES string of the molecule is O=S(=O)(NC1CC1)c1cccc(-c2cnc3[nH]c(-c4ccccc4)cc3c2)n1. The second-order valence-electron chi connectivity index (χ2n) is 6.97. The predicted molar refractivity (Wildman–Crippen MR) is 108 cm³/mol. The highest BCUT2D eigenvalue weighted by Crippen LogP contribution is 2.27. The molecule has 0 aliphatic heterocycles. The van der Waals surface area contributed by atoms with E-state index in [1.165, 1.54) is 6.07 Å². The van der Waals surface area contributed by atoms with Crippen molar-refractivity contribution in [3.63, 3.8) is 0 Å². The van der Waals surface area contributed by atoms with Gasteiger partial charge >= 0.3 is 0 Å². The van der Waals surface area contributed by atoms with E-state index in [2.05, 4.69) is 19.7 Å². The molecule has 140 valence electrons. The fraction of sp³-hybridized carbons (Fsp3) is 0.143. The molecule has 0 radical (unpaired) electrons. The van der Waals surface area contributed by atoms with Gasteiger partial charge in [-0.2, -0.15) is 0 Å². The summed E-state index contributed by atoms with van der Waals surface area (Å²) in [5.74, 6) is 0. The number of nitrogens with one attached hydrogen (secondary N) is 2. The number of nitrogens with zero attached hydrogens (tertiary/aromatic N) is 2. The molecule has 0 unspecified atom stereocenters. The first-order valence-electron chi connectivity index (χ1n) is 9.12. The second kappa shape index (κ2) is 6.54. The maximum absolute atomic E-state index is 12.4. The van der Waals surface area contributed by atoms with Gasteiger partial charge in [0, 0.05) is 28.9 Å². The normalized spacial score (nSPS) is 14.4. The fourth-order valence-corrected chi connectivity index (χ4v) is 4.41. The number of benzene rings is 1. The lowest BCUT2D eigenvalue weighted by Crippen LogP contribution is -2.26. The molecule has 5 rings (SSSR count). The van der Waals surface area contributed by atoms with E-state index in [1.807, 2.05) is 42.5 Å². The van der Waals surface area contributed by atoms with E-state index in [9.17, 15) is 8.42 Å². The van der Waals surface area contributed by atoms with Gasteiger partial charge in [-0.15, -0.1) is 0 Å². The first kappa shape index (κ1) is 17.1. The number of fused-ring (bicyclic) bond motifs is 1. The van der Waals surface area contributed by atoms with Crippen molar-refractivity contribution in [2.45, 2.75) is 23.9 Å². The first-order chi connectivity index (χ1) is 13.6. The van der Waals surface area contributed by atoms with Crippen molar-refractivity contribution in [2.24, 2.45) is 0 Å². The Balaban J connectivity index is 1.52. The van der Waals surface area contributed by atoms with Gasteiger partial charge in [-0.3, -0.25) is 0 Å². The van der Waals surface area contributed by atoms with Gasteiger partial charge in [0.2, 0.25) is 0 Å². The van der Waals surface area contributed by atoms with Crippen LogP contribution in [0.3, 0.4) is 0 Å². The largest absolute Gasteiger partial charge is 0.339 e. The lowest BCUT2D eigenvalue weighted by Gasteiger charge is -2.07. The zero-order valence-electron chi connectivity index (χ0n) is 15.0. The minimum absolute atomic E-state index is 0.0380. The number of pyridine rings is 2. The third kappa shape index (κ3) is 3.30. The Morgan fingerprint density at radius 1 is 0.964 bits per heavy atom. The summed E-state index contributed by atoms with van der Waals surface area (Å²) in [6, 6.07) is 19.1. The summed E-state index contributed by atoms with van der Waals surface area (Å²) in [6.45, 7) is 0. The summed E-state index contributed by atoms with van der Waals surface area (Å²) in [5.41, 5.74) is 4.20. The van der Waals surface area contributed by atoms with E-state index < -0.39 is 10.0 Å². The van der Waals surface area contributed by atoms with Gasteiger partial charge in [-0.25, -0.2) is 23.1 Å². The molecule has 6 nitrogen and oxygen atoms in total. The Kier molecular flexibility index (Phi) is 3.99. The zero-order chi connectivity index (χ0) is 19.1. The Morgan fingerprint density at radius 2 is 1.79 bits per heavy atom. The Morgan fingerprint density at radius 3 is 2.57 bits per heavy atom. The van der Waals surface area contributed by atoms with Crippen molar-refractivity contribution in [3.8, 4) is 22.5 Å². The molecular formula is C21H18N4O2S. The number of H-pyrrole nitrogens is 1. The van der Waals surface area contributed by atoms with Gasteiger partial charge in [-0.05, 0) is 42.7 Å². The van der Waals surface area contributed by atoms with Crippen LogP contribution in [0.5, 0.6) is 0 Å². The number of aromatic amines is 1. The third-order valence-electron chi connectivity index (χ3n) is 4.75. The number of hydrogen-bond donors (Lipinski definition) is 2. The van der Waals surface area contributed by atoms with E-state index in [-0.39, 0.29) is 11.1 Å². The van der Waals surface area contributed by atoms with Crippen molar-refractivity contribution in [1.29, 1.82) is 0 Å². The van der Waals surface area contributed by atoms with Crippen LogP contribution >= 0.6 is 0 Å². The summed E-state index contributed by atoms with van der Waals surface area (Å²) < 4.78 is 27.6. The summed E-state index contributed by atoms with van der Waals surface area (Å²) in [4.78, 5) is 12.2. The summed E-state index contributed by atoms with van der Waals surface area (Å²) >= 11 is 0. The third-order valence-corrected chi connectivity index (χ3v) is 6.17. The molecule has 1 aliphatic rings. The highest BCUT2D eigenvalue weighted by molar-refractivity contribution is 7.89. The van der Waals surface area contributed by atoms with Gasteiger partial charge in [0.05, 0.1) is 5.69 Å². The fourth-order valence-electron chi connectivity index (χ4n) is 3.13. The molecule has 1 saturated carbocycles. The summed E-state index contributed by atoms with van der Waals surface area (Å²) in [7, 11) is -3.59. The van der Waals surface area contributed by atoms with Crippen LogP contribution in [0.4, 0.5) is 0 Å². The molecule has 1 aromatic carbocycles. The zero-order valence-corrected chi connectivity index (χ0v) is 15.8. The van der Waals surface area contributed by atoms with Gasteiger partial charge < -0.3 is 4.98 Å². The van der Waals surface area contributed by atoms with Crippen LogP contribution in [0.2, 0.25) is 0 Å². The lowest BCUT2D eigenvalue weighted by molar-refractivity contribution is 0.577. The molecule has 1 fully saturated rings. The molecule has 7 heteroatoms. The van der Waals surface area contributed by atoms with Crippen LogP contribution in [0.1, 0.15) is 12.8 Å². The summed E-state index contributed by atoms with van der Waals surface area (Å²) in [6.07, 6.45) is 3.48. The van der Waals surface area contributed by atoms with E-state index in [4.69, 9.17) is 0 Å². The molecule has 0 amide bonds. The number of sulfonamides is 1. The van der Waals surface area contributed by atoms with Gasteiger partial charge in [-0.1, -0.05) is 36.4 Å². The monoisotopic (exact) mass is 390 g/mol. The molecule has 3 aromatic heterocycles. The average Bonchev–Trinajstić information content (AvgIpc) is 3.42. The molecule has 1 aliphatic carbocycles. The smallest absolute Gasteiger partial charge is 0.258 e. The minimum Gasteiger partial charge on any atom is -0.339 e. The quantitative estimate of drug-likeness (QED) is 0.543. The van der Waals surface area contributed by atoms with Crippen LogP contribution in [0, 0.1) is 0 Å². The van der Waals surface area contributed by atoms with Crippen molar-refractivity contribution in [2.75, 3.05) is 0 Å². The van der Waals surface area contributed by atoms with Crippen LogP contribution in [0.15, 0.2) is 71.9 Å². The highest BCUT2D eigenvalue weighted by Gasteiger charge is 2.28. The van der Waals surface area contributed by atoms with E-state index in [0.717, 1.165) is 40.7 Å². The Bertz CT molecular complexity index is 1260. The number of hydrogen-bond acceptors (Lipinski definition) is 4. The highest BCUT2D eigenvalue weighted by atomic mass is 32.2. The summed E-state index contributed by atoms with van der Waals surface area (Å²) in [5, 5.41) is 0.985. The van der Waals surface area contributed by atoms with Crippen LogP contribution in [-0.4, -0.2) is 29.4 Å². The Hall–Kier alpha value is -3.03. The number of rotatable bonds is 5. The van der Waals surface area contributed by atoms with E-state index in [1.54, 1.807) is 18.3 Å². The standard InChI is InChI=1S/C21H18N4O2S/c26-28(27,25-17-9-10-17)20-8-4-7-18(23-20)16-11-15-12-19(24-21(15)22-13-16)14-5-2-1-3-6-14/h1-8,11-13,17,25H,9-10H2,(H,22,24). The van der Waals surface area contributed by atoms with Crippen LogP contribution < -0.4 is 4.72 Å². The van der Waals surface area contributed by atoms with Crippen LogP contribution in [-0.2, 0) is 10.0 Å². The molecule has 0 bridgehead atoms.